The first-order chi connectivity index (χ1) is 9.09. The molecule has 8 nitrogen and oxygen atoms in total. The van der Waals surface area contributed by atoms with E-state index in [9.17, 15) is 8.42 Å². The van der Waals surface area contributed by atoms with Gasteiger partial charge in [0, 0.05) is 25.4 Å². The molecule has 2 aromatic heterocycles. The largest absolute Gasteiger partial charge is 0.398 e. The Labute approximate surface area is 110 Å². The molecular formula is C10H14N6O2S. The number of anilines is 1. The number of hydrogen-bond acceptors (Lipinski definition) is 6. The summed E-state index contributed by atoms with van der Waals surface area (Å²) in [5.41, 5.74) is 5.78. The van der Waals surface area contributed by atoms with Gasteiger partial charge in [0.15, 0.2) is 0 Å². The minimum atomic E-state index is -3.62. The van der Waals surface area contributed by atoms with Gasteiger partial charge in [-0.15, -0.1) is 0 Å². The predicted octanol–water partition coefficient (Wildman–Crippen LogP) is -0.307. The van der Waals surface area contributed by atoms with E-state index >= 15 is 0 Å². The number of aromatic amines is 1. The molecule has 0 saturated carbocycles. The molecule has 0 radical (unpaired) electrons. The molecule has 0 spiro atoms. The maximum atomic E-state index is 11.9. The van der Waals surface area contributed by atoms with Crippen LogP contribution in [0.25, 0.3) is 0 Å². The van der Waals surface area contributed by atoms with E-state index in [2.05, 4.69) is 24.9 Å². The number of pyridine rings is 1. The fourth-order valence-corrected chi connectivity index (χ4v) is 2.65. The van der Waals surface area contributed by atoms with Crippen LogP contribution in [0.15, 0.2) is 29.7 Å². The first-order valence-electron chi connectivity index (χ1n) is 5.63. The van der Waals surface area contributed by atoms with E-state index in [-0.39, 0.29) is 17.1 Å². The van der Waals surface area contributed by atoms with Gasteiger partial charge < -0.3 is 5.73 Å². The average molecular weight is 282 g/mol. The van der Waals surface area contributed by atoms with Crippen LogP contribution in [0.3, 0.4) is 0 Å². The van der Waals surface area contributed by atoms with Crippen LogP contribution in [0.4, 0.5) is 5.69 Å². The van der Waals surface area contributed by atoms with E-state index in [1.54, 1.807) is 0 Å². The van der Waals surface area contributed by atoms with Gasteiger partial charge in [-0.2, -0.15) is 5.10 Å². The molecule has 2 heterocycles. The van der Waals surface area contributed by atoms with Crippen LogP contribution >= 0.6 is 0 Å². The van der Waals surface area contributed by atoms with Gasteiger partial charge in [-0.3, -0.25) is 10.1 Å². The predicted molar refractivity (Wildman–Crippen MR) is 68.5 cm³/mol. The van der Waals surface area contributed by atoms with Crippen molar-refractivity contribution in [1.29, 1.82) is 0 Å². The van der Waals surface area contributed by atoms with Gasteiger partial charge in [-0.25, -0.2) is 18.1 Å². The Balaban J connectivity index is 1.90. The van der Waals surface area contributed by atoms with Crippen molar-refractivity contribution in [1.82, 2.24) is 24.9 Å². The lowest BCUT2D eigenvalue weighted by Gasteiger charge is -2.07. The zero-order valence-corrected chi connectivity index (χ0v) is 10.9. The molecule has 0 aliphatic carbocycles. The Morgan fingerprint density at radius 1 is 1.42 bits per heavy atom. The Bertz CT molecular complexity index is 625. The lowest BCUT2D eigenvalue weighted by molar-refractivity contribution is 0.578. The zero-order valence-electron chi connectivity index (χ0n) is 10.1. The van der Waals surface area contributed by atoms with E-state index < -0.39 is 10.0 Å². The molecule has 0 saturated heterocycles. The Morgan fingerprint density at radius 2 is 2.26 bits per heavy atom. The molecule has 0 bridgehead atoms. The van der Waals surface area contributed by atoms with E-state index in [1.165, 1.54) is 24.8 Å². The molecular weight excluding hydrogens is 268 g/mol. The Morgan fingerprint density at radius 3 is 2.95 bits per heavy atom. The summed E-state index contributed by atoms with van der Waals surface area (Å²) in [5, 5.41) is 6.42. The lowest BCUT2D eigenvalue weighted by atomic mass is 10.3. The molecule has 2 rings (SSSR count). The van der Waals surface area contributed by atoms with Gasteiger partial charge in [-0.1, -0.05) is 0 Å². The van der Waals surface area contributed by atoms with Crippen molar-refractivity contribution >= 4 is 15.7 Å². The summed E-state index contributed by atoms with van der Waals surface area (Å²) in [6.45, 7) is 0.289. The van der Waals surface area contributed by atoms with Crippen molar-refractivity contribution in [3.8, 4) is 0 Å². The summed E-state index contributed by atoms with van der Waals surface area (Å²) in [7, 11) is -3.62. The van der Waals surface area contributed by atoms with Gasteiger partial charge in [0.2, 0.25) is 10.0 Å². The third-order valence-corrected chi connectivity index (χ3v) is 3.96. The summed E-state index contributed by atoms with van der Waals surface area (Å²) < 4.78 is 26.4. The minimum absolute atomic E-state index is 0.00494. The van der Waals surface area contributed by atoms with Crippen molar-refractivity contribution in [2.75, 3.05) is 12.3 Å². The van der Waals surface area contributed by atoms with Crippen molar-refractivity contribution in [3.63, 3.8) is 0 Å². The van der Waals surface area contributed by atoms with Gasteiger partial charge in [-0.05, 0) is 12.5 Å². The molecule has 0 unspecified atom stereocenters. The highest BCUT2D eigenvalue weighted by Gasteiger charge is 2.16. The van der Waals surface area contributed by atoms with Crippen LogP contribution in [0.2, 0.25) is 0 Å². The number of rotatable bonds is 6. The van der Waals surface area contributed by atoms with Crippen molar-refractivity contribution in [3.05, 3.63) is 30.6 Å². The van der Waals surface area contributed by atoms with E-state index in [1.807, 2.05) is 0 Å². The maximum absolute atomic E-state index is 11.9. The number of nitrogens with zero attached hydrogens (tertiary/aromatic N) is 3. The van der Waals surface area contributed by atoms with Gasteiger partial charge in [0.05, 0.1) is 5.69 Å². The number of aromatic nitrogens is 4. The molecule has 0 aliphatic rings. The number of hydrogen-bond donors (Lipinski definition) is 3. The highest BCUT2D eigenvalue weighted by molar-refractivity contribution is 7.89. The number of nitrogens with two attached hydrogens (primary N) is 1. The number of nitrogens with one attached hydrogen (secondary N) is 2. The topological polar surface area (TPSA) is 127 Å². The summed E-state index contributed by atoms with van der Waals surface area (Å²) >= 11 is 0. The number of H-pyrrole nitrogens is 1. The van der Waals surface area contributed by atoms with Crippen molar-refractivity contribution < 1.29 is 8.42 Å². The molecule has 0 amide bonds. The standard InChI is InChI=1S/C10H14N6O2S/c11-8-3-5-12-6-9(8)19(17,18)15-4-1-2-10-13-7-14-16-10/h3,5-7,15H,1-2,4H2,(H2,11,12)(H,13,14,16). The van der Waals surface area contributed by atoms with Crippen LogP contribution in [0.1, 0.15) is 12.2 Å². The maximum Gasteiger partial charge on any atom is 0.244 e. The lowest BCUT2D eigenvalue weighted by Crippen LogP contribution is -2.26. The Kier molecular flexibility index (Phi) is 4.07. The third kappa shape index (κ3) is 3.48. The second-order valence-corrected chi connectivity index (χ2v) is 5.58. The summed E-state index contributed by atoms with van der Waals surface area (Å²) in [6.07, 6.45) is 5.31. The van der Waals surface area contributed by atoms with Crippen molar-refractivity contribution in [2.24, 2.45) is 0 Å². The number of nitrogen functional groups attached to an aromatic ring is 1. The van der Waals surface area contributed by atoms with Gasteiger partial charge >= 0.3 is 0 Å². The van der Waals surface area contributed by atoms with Gasteiger partial charge in [0.25, 0.3) is 0 Å². The molecule has 0 fully saturated rings. The summed E-state index contributed by atoms with van der Waals surface area (Å²) in [5.74, 6) is 0.722. The number of aryl methyl sites for hydroxylation is 1. The molecule has 19 heavy (non-hydrogen) atoms. The molecule has 2 aromatic rings. The fraction of sp³-hybridized carbons (Fsp3) is 0.300. The first kappa shape index (κ1) is 13.4. The first-order valence-corrected chi connectivity index (χ1v) is 7.11. The molecule has 0 aliphatic heterocycles. The smallest absolute Gasteiger partial charge is 0.244 e. The summed E-state index contributed by atoms with van der Waals surface area (Å²) in [4.78, 5) is 7.70. The second kappa shape index (κ2) is 5.76. The SMILES string of the molecule is Nc1ccncc1S(=O)(=O)NCCCc1ncn[nH]1. The van der Waals surface area contributed by atoms with E-state index in [0.717, 1.165) is 5.82 Å². The second-order valence-electron chi connectivity index (χ2n) is 3.85. The monoisotopic (exact) mass is 282 g/mol. The van der Waals surface area contributed by atoms with Crippen molar-refractivity contribution in [2.45, 2.75) is 17.7 Å². The van der Waals surface area contributed by atoms with Crippen LogP contribution in [0.5, 0.6) is 0 Å². The normalized spacial score (nSPS) is 11.6. The Hall–Kier alpha value is -2.00. The zero-order chi connectivity index (χ0) is 13.7. The minimum Gasteiger partial charge on any atom is -0.398 e. The average Bonchev–Trinajstić information content (AvgIpc) is 2.88. The molecule has 102 valence electrons. The van der Waals surface area contributed by atoms with Crippen LogP contribution in [0, 0.1) is 0 Å². The van der Waals surface area contributed by atoms with Crippen LogP contribution < -0.4 is 10.5 Å². The highest BCUT2D eigenvalue weighted by atomic mass is 32.2. The third-order valence-electron chi connectivity index (χ3n) is 2.45. The highest BCUT2D eigenvalue weighted by Crippen LogP contribution is 2.15. The fourth-order valence-electron chi connectivity index (χ4n) is 1.51. The molecule has 0 aromatic carbocycles. The molecule has 9 heteroatoms. The summed E-state index contributed by atoms with van der Waals surface area (Å²) in [6, 6.07) is 1.45. The van der Waals surface area contributed by atoms with E-state index in [0.29, 0.717) is 12.8 Å². The van der Waals surface area contributed by atoms with E-state index in [4.69, 9.17) is 5.73 Å². The van der Waals surface area contributed by atoms with Crippen LogP contribution in [-0.4, -0.2) is 35.1 Å². The van der Waals surface area contributed by atoms with Gasteiger partial charge in [0.1, 0.15) is 17.0 Å². The quantitative estimate of drug-likeness (QED) is 0.624. The molecule has 0 atom stereocenters. The van der Waals surface area contributed by atoms with Crippen LogP contribution in [-0.2, 0) is 16.4 Å². The molecule has 4 N–H and O–H groups in total. The number of sulfonamides is 1.